The van der Waals surface area contributed by atoms with Crippen molar-refractivity contribution in [3.63, 3.8) is 0 Å². The molecule has 2 heterocycles. The van der Waals surface area contributed by atoms with E-state index in [-0.39, 0.29) is 11.9 Å². The summed E-state index contributed by atoms with van der Waals surface area (Å²) in [5.74, 6) is 1.59. The fourth-order valence-corrected chi connectivity index (χ4v) is 4.88. The fourth-order valence-electron chi connectivity index (χ4n) is 4.52. The Morgan fingerprint density at radius 2 is 2.00 bits per heavy atom. The van der Waals surface area contributed by atoms with Crippen molar-refractivity contribution < 1.29 is 4.79 Å². The summed E-state index contributed by atoms with van der Waals surface area (Å²) >= 11 is 2.28. The minimum atomic E-state index is -0.503. The smallest absolute Gasteiger partial charge is 0.239 e. The monoisotopic (exact) mass is 505 g/mol. The van der Waals surface area contributed by atoms with E-state index in [4.69, 9.17) is 5.73 Å². The molecule has 1 saturated heterocycles. The zero-order chi connectivity index (χ0) is 20.5. The maximum absolute atomic E-state index is 13.0. The van der Waals surface area contributed by atoms with E-state index in [2.05, 4.69) is 63.4 Å². The van der Waals surface area contributed by atoms with Crippen LogP contribution in [0.15, 0.2) is 30.6 Å². The lowest BCUT2D eigenvalue weighted by Crippen LogP contribution is -2.57. The number of aryl methyl sites for hydroxylation is 1. The average molecular weight is 505 g/mol. The van der Waals surface area contributed by atoms with Gasteiger partial charge < -0.3 is 15.5 Å². The summed E-state index contributed by atoms with van der Waals surface area (Å²) in [5.41, 5.74) is 9.86. The van der Waals surface area contributed by atoms with Gasteiger partial charge in [0.2, 0.25) is 5.91 Å². The number of anilines is 1. The fraction of sp³-hybridized carbons (Fsp3) is 0.500. The standard InChI is InChI=1S/C22H28IN5O/c1-14-3-8-19-20(14)21(26-13-25-19)28-10-9-27(12-15(28)2)22(29)18(24)11-16-4-6-17(23)7-5-16/h4-7,13-15,18H,3,8-12,24H2,1-2H3. The molecule has 6 nitrogen and oxygen atoms in total. The Kier molecular flexibility index (Phi) is 6.06. The van der Waals surface area contributed by atoms with Crippen LogP contribution in [0.4, 0.5) is 5.82 Å². The zero-order valence-corrected chi connectivity index (χ0v) is 19.2. The van der Waals surface area contributed by atoms with Gasteiger partial charge in [-0.3, -0.25) is 4.79 Å². The van der Waals surface area contributed by atoms with E-state index in [1.54, 1.807) is 6.33 Å². The van der Waals surface area contributed by atoms with E-state index in [0.29, 0.717) is 25.4 Å². The van der Waals surface area contributed by atoms with Gasteiger partial charge in [-0.1, -0.05) is 19.1 Å². The molecule has 0 spiro atoms. The number of carbonyl (C=O) groups excluding carboxylic acids is 1. The number of amides is 1. The summed E-state index contributed by atoms with van der Waals surface area (Å²) in [5, 5.41) is 0. The van der Waals surface area contributed by atoms with Crippen molar-refractivity contribution in [1.29, 1.82) is 0 Å². The number of piperazine rings is 1. The van der Waals surface area contributed by atoms with Crippen molar-refractivity contribution in [1.82, 2.24) is 14.9 Å². The molecule has 3 atom stereocenters. The molecule has 0 saturated carbocycles. The number of hydrogen-bond donors (Lipinski definition) is 1. The molecular formula is C22H28IN5O. The number of fused-ring (bicyclic) bond motifs is 1. The molecule has 0 bridgehead atoms. The molecule has 1 aromatic heterocycles. The summed E-state index contributed by atoms with van der Waals surface area (Å²) in [6.45, 7) is 6.55. The predicted octanol–water partition coefficient (Wildman–Crippen LogP) is 2.74. The average Bonchev–Trinajstić information content (AvgIpc) is 3.10. The molecule has 0 radical (unpaired) electrons. The van der Waals surface area contributed by atoms with Crippen molar-refractivity contribution in [3.05, 3.63) is 51.0 Å². The molecule has 1 amide bonds. The van der Waals surface area contributed by atoms with Crippen molar-refractivity contribution >= 4 is 34.3 Å². The van der Waals surface area contributed by atoms with E-state index in [0.717, 1.165) is 30.8 Å². The number of benzene rings is 1. The molecule has 4 rings (SSSR count). The molecule has 3 unspecified atom stereocenters. The van der Waals surface area contributed by atoms with E-state index >= 15 is 0 Å². The number of halogens is 1. The highest BCUT2D eigenvalue weighted by Crippen LogP contribution is 2.38. The minimum absolute atomic E-state index is 0.0383. The highest BCUT2D eigenvalue weighted by molar-refractivity contribution is 14.1. The van der Waals surface area contributed by atoms with Crippen LogP contribution in [0.1, 0.15) is 43.0 Å². The van der Waals surface area contributed by atoms with Gasteiger partial charge in [0.15, 0.2) is 0 Å². The van der Waals surface area contributed by atoms with Gasteiger partial charge in [0.25, 0.3) is 0 Å². The van der Waals surface area contributed by atoms with E-state index in [9.17, 15) is 4.79 Å². The van der Waals surface area contributed by atoms with Gasteiger partial charge in [0.1, 0.15) is 12.1 Å². The molecule has 154 valence electrons. The summed E-state index contributed by atoms with van der Waals surface area (Å²) in [6.07, 6.45) is 4.43. The Morgan fingerprint density at radius 1 is 1.24 bits per heavy atom. The first-order valence-electron chi connectivity index (χ1n) is 10.3. The Labute approximate surface area is 186 Å². The SMILES string of the molecule is CC1CCc2ncnc(N3CCN(C(=O)C(N)Cc4ccc(I)cc4)CC3C)c21. The van der Waals surface area contributed by atoms with Gasteiger partial charge in [-0.05, 0) is 72.4 Å². The molecule has 1 aliphatic heterocycles. The lowest BCUT2D eigenvalue weighted by molar-refractivity contribution is -0.133. The highest BCUT2D eigenvalue weighted by Gasteiger charge is 2.33. The summed E-state index contributed by atoms with van der Waals surface area (Å²) in [6, 6.07) is 7.89. The third-order valence-electron chi connectivity index (χ3n) is 6.15. The first kappa shape index (κ1) is 20.5. The quantitative estimate of drug-likeness (QED) is 0.647. The topological polar surface area (TPSA) is 75.4 Å². The molecular weight excluding hydrogens is 477 g/mol. The number of nitrogens with two attached hydrogens (primary N) is 1. The van der Waals surface area contributed by atoms with Crippen molar-refractivity contribution in [2.24, 2.45) is 5.73 Å². The van der Waals surface area contributed by atoms with Crippen LogP contribution in [-0.4, -0.2) is 52.5 Å². The number of carbonyl (C=O) groups is 1. The van der Waals surface area contributed by atoms with E-state index < -0.39 is 6.04 Å². The first-order chi connectivity index (χ1) is 13.9. The van der Waals surface area contributed by atoms with Crippen LogP contribution in [0.2, 0.25) is 0 Å². The largest absolute Gasteiger partial charge is 0.350 e. The molecule has 2 aliphatic rings. The molecule has 2 N–H and O–H groups in total. The van der Waals surface area contributed by atoms with Gasteiger partial charge in [-0.25, -0.2) is 9.97 Å². The Balaban J connectivity index is 1.42. The molecule has 7 heteroatoms. The maximum Gasteiger partial charge on any atom is 0.239 e. The van der Waals surface area contributed by atoms with Crippen LogP contribution in [0.5, 0.6) is 0 Å². The summed E-state index contributed by atoms with van der Waals surface area (Å²) in [7, 11) is 0. The van der Waals surface area contributed by atoms with Crippen LogP contribution in [0.3, 0.4) is 0 Å². The summed E-state index contributed by atoms with van der Waals surface area (Å²) in [4.78, 5) is 26.3. The first-order valence-corrected chi connectivity index (χ1v) is 11.4. The molecule has 1 aliphatic carbocycles. The van der Waals surface area contributed by atoms with Crippen LogP contribution in [0.25, 0.3) is 0 Å². The van der Waals surface area contributed by atoms with Gasteiger partial charge in [-0.15, -0.1) is 0 Å². The van der Waals surface area contributed by atoms with Gasteiger partial charge in [0, 0.05) is 40.5 Å². The van der Waals surface area contributed by atoms with Gasteiger partial charge in [-0.2, -0.15) is 0 Å². The van der Waals surface area contributed by atoms with Crippen molar-refractivity contribution in [3.8, 4) is 0 Å². The third kappa shape index (κ3) is 4.26. The molecule has 1 aromatic carbocycles. The normalized spacial score (nSPS) is 22.5. The van der Waals surface area contributed by atoms with Crippen molar-refractivity contribution in [2.75, 3.05) is 24.5 Å². The van der Waals surface area contributed by atoms with E-state index in [1.165, 1.54) is 14.8 Å². The molecule has 1 fully saturated rings. The summed E-state index contributed by atoms with van der Waals surface area (Å²) < 4.78 is 1.18. The molecule has 2 aromatic rings. The predicted molar refractivity (Wildman–Crippen MR) is 123 cm³/mol. The second-order valence-corrected chi connectivity index (χ2v) is 9.51. The van der Waals surface area contributed by atoms with Crippen LogP contribution in [-0.2, 0) is 17.6 Å². The number of nitrogens with zero attached hydrogens (tertiary/aromatic N) is 4. The van der Waals surface area contributed by atoms with Crippen molar-refractivity contribution in [2.45, 2.75) is 51.1 Å². The van der Waals surface area contributed by atoms with Crippen LogP contribution >= 0.6 is 22.6 Å². The van der Waals surface area contributed by atoms with E-state index in [1.807, 2.05) is 17.0 Å². The highest BCUT2D eigenvalue weighted by atomic mass is 127. The minimum Gasteiger partial charge on any atom is -0.350 e. The maximum atomic E-state index is 13.0. The van der Waals surface area contributed by atoms with Gasteiger partial charge in [0.05, 0.1) is 6.04 Å². The lowest BCUT2D eigenvalue weighted by atomic mass is 10.0. The Bertz CT molecular complexity index is 887. The second-order valence-electron chi connectivity index (χ2n) is 8.26. The second kappa shape index (κ2) is 8.55. The lowest BCUT2D eigenvalue weighted by Gasteiger charge is -2.42. The Morgan fingerprint density at radius 3 is 2.72 bits per heavy atom. The van der Waals surface area contributed by atoms with Crippen LogP contribution in [0, 0.1) is 3.57 Å². The number of hydrogen-bond acceptors (Lipinski definition) is 5. The Hall–Kier alpha value is -1.74. The van der Waals surface area contributed by atoms with Crippen LogP contribution < -0.4 is 10.6 Å². The third-order valence-corrected chi connectivity index (χ3v) is 6.87. The number of aromatic nitrogens is 2. The van der Waals surface area contributed by atoms with Gasteiger partial charge >= 0.3 is 0 Å². The molecule has 29 heavy (non-hydrogen) atoms. The zero-order valence-electron chi connectivity index (χ0n) is 17.0. The number of rotatable bonds is 4.